The molecule has 0 spiro atoms. The maximum atomic E-state index is 13.0. The van der Waals surface area contributed by atoms with Gasteiger partial charge in [-0.1, -0.05) is 23.4 Å². The highest BCUT2D eigenvalue weighted by atomic mass is 35.5. The van der Waals surface area contributed by atoms with Crippen LogP contribution in [0.5, 0.6) is 0 Å². The Morgan fingerprint density at radius 1 is 1.10 bits per heavy atom. The van der Waals surface area contributed by atoms with Gasteiger partial charge in [-0.2, -0.15) is 0 Å². The minimum atomic E-state index is -0.351. The zero-order chi connectivity index (χ0) is 21.6. The lowest BCUT2D eigenvalue weighted by Crippen LogP contribution is -2.36. The fraction of sp³-hybridized carbons (Fsp3) is 0.286. The highest BCUT2D eigenvalue weighted by Gasteiger charge is 2.19. The van der Waals surface area contributed by atoms with Crippen molar-refractivity contribution in [1.29, 1.82) is 0 Å². The van der Waals surface area contributed by atoms with E-state index in [0.717, 1.165) is 24.6 Å². The van der Waals surface area contributed by atoms with Gasteiger partial charge in [0.25, 0.3) is 0 Å². The lowest BCUT2D eigenvalue weighted by Gasteiger charge is -2.26. The van der Waals surface area contributed by atoms with Crippen LogP contribution in [0.1, 0.15) is 5.82 Å². The largest absolute Gasteiger partial charge is 0.379 e. The van der Waals surface area contributed by atoms with Gasteiger partial charge in [0.05, 0.1) is 25.5 Å². The Hall–Kier alpha value is -2.46. The van der Waals surface area contributed by atoms with Crippen LogP contribution in [0.3, 0.4) is 0 Å². The topological polar surface area (TPSA) is 72.3 Å². The lowest BCUT2D eigenvalue weighted by atomic mass is 10.3. The highest BCUT2D eigenvalue weighted by Crippen LogP contribution is 2.24. The number of ether oxygens (including phenoxy) is 1. The average molecular weight is 462 g/mol. The first-order valence-corrected chi connectivity index (χ1v) is 11.1. The third-order valence-electron chi connectivity index (χ3n) is 4.71. The van der Waals surface area contributed by atoms with Crippen molar-refractivity contribution in [2.75, 3.05) is 37.4 Å². The molecule has 1 aliphatic rings. The molecule has 31 heavy (non-hydrogen) atoms. The number of nitrogens with one attached hydrogen (secondary N) is 1. The molecule has 162 valence electrons. The van der Waals surface area contributed by atoms with Gasteiger partial charge in [-0.15, -0.1) is 10.2 Å². The van der Waals surface area contributed by atoms with Crippen molar-refractivity contribution in [1.82, 2.24) is 19.7 Å². The number of benzene rings is 2. The Morgan fingerprint density at radius 2 is 1.81 bits per heavy atom. The maximum Gasteiger partial charge on any atom is 0.234 e. The van der Waals surface area contributed by atoms with Crippen molar-refractivity contribution in [2.24, 2.45) is 0 Å². The van der Waals surface area contributed by atoms with E-state index in [4.69, 9.17) is 16.3 Å². The summed E-state index contributed by atoms with van der Waals surface area (Å²) in [5.41, 5.74) is 1.42. The van der Waals surface area contributed by atoms with E-state index >= 15 is 0 Å². The number of hydrogen-bond donors (Lipinski definition) is 1. The normalized spacial score (nSPS) is 14.5. The summed E-state index contributed by atoms with van der Waals surface area (Å²) >= 11 is 7.34. The zero-order valence-electron chi connectivity index (χ0n) is 16.6. The SMILES string of the molecule is O=C(CSc1nnc(CN2CCOCC2)n1-c1ccc(Cl)cc1)Nc1ccc(F)cc1. The van der Waals surface area contributed by atoms with Gasteiger partial charge in [-0.05, 0) is 48.5 Å². The molecule has 1 aliphatic heterocycles. The molecule has 1 N–H and O–H groups in total. The minimum absolute atomic E-state index is 0.140. The van der Waals surface area contributed by atoms with Gasteiger partial charge in [-0.3, -0.25) is 14.3 Å². The van der Waals surface area contributed by atoms with Crippen molar-refractivity contribution in [3.8, 4) is 5.69 Å². The Balaban J connectivity index is 1.49. The maximum absolute atomic E-state index is 13.0. The summed E-state index contributed by atoms with van der Waals surface area (Å²) in [6, 6.07) is 13.1. The Bertz CT molecular complexity index is 1020. The standard InChI is InChI=1S/C21H21ClFN5O2S/c22-15-1-7-18(8-2-15)28-19(13-27-9-11-30-12-10-27)25-26-21(28)31-14-20(29)24-17-5-3-16(23)4-6-17/h1-8H,9-14H2,(H,24,29). The van der Waals surface area contributed by atoms with Crippen LogP contribution < -0.4 is 5.32 Å². The summed E-state index contributed by atoms with van der Waals surface area (Å²) in [4.78, 5) is 14.6. The predicted molar refractivity (Wildman–Crippen MR) is 118 cm³/mol. The van der Waals surface area contributed by atoms with Gasteiger partial charge in [-0.25, -0.2) is 4.39 Å². The van der Waals surface area contributed by atoms with E-state index in [1.807, 2.05) is 28.8 Å². The molecule has 0 aliphatic carbocycles. The highest BCUT2D eigenvalue weighted by molar-refractivity contribution is 7.99. The summed E-state index contributed by atoms with van der Waals surface area (Å²) in [6.07, 6.45) is 0. The van der Waals surface area contributed by atoms with E-state index in [1.54, 1.807) is 0 Å². The number of thioether (sulfide) groups is 1. The van der Waals surface area contributed by atoms with Crippen molar-refractivity contribution in [2.45, 2.75) is 11.7 Å². The van der Waals surface area contributed by atoms with Gasteiger partial charge >= 0.3 is 0 Å². The Labute approximate surface area is 188 Å². The number of amides is 1. The number of hydrogen-bond acceptors (Lipinski definition) is 6. The third-order valence-corrected chi connectivity index (χ3v) is 5.90. The molecular formula is C21H21ClFN5O2S. The van der Waals surface area contributed by atoms with Crippen LogP contribution in [0, 0.1) is 5.82 Å². The second-order valence-electron chi connectivity index (χ2n) is 6.94. The van der Waals surface area contributed by atoms with Crippen LogP contribution in [-0.4, -0.2) is 57.6 Å². The van der Waals surface area contributed by atoms with Gasteiger partial charge in [0.1, 0.15) is 5.82 Å². The van der Waals surface area contributed by atoms with Crippen molar-refractivity contribution >= 4 is 35.0 Å². The lowest BCUT2D eigenvalue weighted by molar-refractivity contribution is -0.113. The van der Waals surface area contributed by atoms with E-state index < -0.39 is 0 Å². The first kappa shape index (κ1) is 21.8. The third kappa shape index (κ3) is 5.82. The van der Waals surface area contributed by atoms with Gasteiger partial charge < -0.3 is 10.1 Å². The van der Waals surface area contributed by atoms with Crippen LogP contribution in [0.25, 0.3) is 5.69 Å². The second-order valence-corrected chi connectivity index (χ2v) is 8.32. The number of carbonyl (C=O) groups is 1. The van der Waals surface area contributed by atoms with Gasteiger partial charge in [0.15, 0.2) is 11.0 Å². The Kier molecular flexibility index (Phi) is 7.18. The molecule has 1 aromatic heterocycles. The van der Waals surface area contributed by atoms with Crippen LogP contribution in [0.2, 0.25) is 5.02 Å². The first-order valence-electron chi connectivity index (χ1n) is 9.77. The van der Waals surface area contributed by atoms with Crippen LogP contribution in [0.4, 0.5) is 10.1 Å². The Morgan fingerprint density at radius 3 is 2.52 bits per heavy atom. The van der Waals surface area contributed by atoms with E-state index in [-0.39, 0.29) is 17.5 Å². The number of nitrogens with zero attached hydrogens (tertiary/aromatic N) is 4. The van der Waals surface area contributed by atoms with Crippen molar-refractivity contribution in [3.63, 3.8) is 0 Å². The summed E-state index contributed by atoms with van der Waals surface area (Å²) in [5, 5.41) is 12.7. The minimum Gasteiger partial charge on any atom is -0.379 e. The molecule has 2 heterocycles. The van der Waals surface area contributed by atoms with E-state index in [9.17, 15) is 9.18 Å². The molecule has 1 amide bonds. The van der Waals surface area contributed by atoms with E-state index in [0.29, 0.717) is 35.6 Å². The van der Waals surface area contributed by atoms with Crippen LogP contribution in [-0.2, 0) is 16.1 Å². The summed E-state index contributed by atoms with van der Waals surface area (Å²) in [6.45, 7) is 3.67. The van der Waals surface area contributed by atoms with E-state index in [1.165, 1.54) is 36.0 Å². The molecule has 1 fully saturated rings. The number of carbonyl (C=O) groups excluding carboxylic acids is 1. The van der Waals surface area contributed by atoms with E-state index in [2.05, 4.69) is 20.4 Å². The molecule has 0 atom stereocenters. The molecule has 2 aromatic carbocycles. The number of anilines is 1. The summed E-state index contributed by atoms with van der Waals surface area (Å²) in [7, 11) is 0. The molecule has 0 saturated carbocycles. The smallest absolute Gasteiger partial charge is 0.234 e. The van der Waals surface area contributed by atoms with Crippen molar-refractivity contribution < 1.29 is 13.9 Å². The molecular weight excluding hydrogens is 441 g/mol. The molecule has 0 bridgehead atoms. The summed E-state index contributed by atoms with van der Waals surface area (Å²) < 4.78 is 20.4. The second kappa shape index (κ2) is 10.2. The molecule has 0 radical (unpaired) electrons. The fourth-order valence-electron chi connectivity index (χ4n) is 3.17. The number of aromatic nitrogens is 3. The van der Waals surface area contributed by atoms with Crippen molar-refractivity contribution in [3.05, 3.63) is 65.2 Å². The number of morpholine rings is 1. The quantitative estimate of drug-likeness (QED) is 0.542. The first-order chi connectivity index (χ1) is 15.1. The monoisotopic (exact) mass is 461 g/mol. The molecule has 10 heteroatoms. The molecule has 3 aromatic rings. The summed E-state index contributed by atoms with van der Waals surface area (Å²) in [5.74, 6) is 0.361. The fourth-order valence-corrected chi connectivity index (χ4v) is 4.06. The van der Waals surface area contributed by atoms with Gasteiger partial charge in [0.2, 0.25) is 5.91 Å². The number of rotatable bonds is 7. The average Bonchev–Trinajstić information content (AvgIpc) is 3.17. The zero-order valence-corrected chi connectivity index (χ0v) is 18.2. The molecule has 4 rings (SSSR count). The molecule has 0 unspecified atom stereocenters. The van der Waals surface area contributed by atoms with Crippen LogP contribution in [0.15, 0.2) is 53.7 Å². The molecule has 7 nitrogen and oxygen atoms in total. The number of halogens is 2. The molecule has 1 saturated heterocycles. The van der Waals surface area contributed by atoms with Gasteiger partial charge in [0, 0.05) is 29.5 Å². The predicted octanol–water partition coefficient (Wildman–Crippen LogP) is 3.62. The van der Waals surface area contributed by atoms with Crippen LogP contribution >= 0.6 is 23.4 Å².